The van der Waals surface area contributed by atoms with E-state index in [-0.39, 0.29) is 6.04 Å². The van der Waals surface area contributed by atoms with Gasteiger partial charge in [0.15, 0.2) is 0 Å². The highest BCUT2D eigenvalue weighted by Crippen LogP contribution is 2.31. The Bertz CT molecular complexity index is 538. The third-order valence-electron chi connectivity index (χ3n) is 3.08. The highest BCUT2D eigenvalue weighted by Gasteiger charge is 2.30. The van der Waals surface area contributed by atoms with Gasteiger partial charge in [0.2, 0.25) is 0 Å². The van der Waals surface area contributed by atoms with Gasteiger partial charge in [-0.2, -0.15) is 13.2 Å². The van der Waals surface area contributed by atoms with E-state index in [1.165, 1.54) is 10.9 Å². The highest BCUT2D eigenvalue weighted by atomic mass is 32.1. The molecule has 0 amide bonds. The Morgan fingerprint density at radius 1 is 1.20 bits per heavy atom. The first-order valence-corrected chi connectivity index (χ1v) is 7.04. The van der Waals surface area contributed by atoms with Gasteiger partial charge in [-0.1, -0.05) is 18.2 Å². The van der Waals surface area contributed by atoms with Gasteiger partial charge in [0.05, 0.1) is 5.56 Å². The lowest BCUT2D eigenvalue weighted by molar-refractivity contribution is -0.137. The average Bonchev–Trinajstić information content (AvgIpc) is 2.92. The minimum Gasteiger partial charge on any atom is -0.271 e. The molecule has 0 radical (unpaired) electrons. The van der Waals surface area contributed by atoms with E-state index in [2.05, 4.69) is 5.43 Å². The number of hydrazine groups is 1. The standard InChI is InChI=1S/C14H15F3N2S/c15-14(16,17)11-4-1-3-10(9-11)13(19-18)7-6-12-5-2-8-20-12/h1-5,8-9,13,19H,6-7,18H2. The lowest BCUT2D eigenvalue weighted by Gasteiger charge is -2.17. The van der Waals surface area contributed by atoms with Gasteiger partial charge in [-0.05, 0) is 42.0 Å². The van der Waals surface area contributed by atoms with E-state index in [4.69, 9.17) is 5.84 Å². The molecule has 0 saturated carbocycles. The maximum atomic E-state index is 12.7. The molecule has 1 atom stereocenters. The number of nitrogens with two attached hydrogens (primary N) is 1. The van der Waals surface area contributed by atoms with Crippen molar-refractivity contribution in [3.63, 3.8) is 0 Å². The second-order valence-corrected chi connectivity index (χ2v) is 5.49. The maximum absolute atomic E-state index is 12.7. The van der Waals surface area contributed by atoms with Gasteiger partial charge in [0.25, 0.3) is 0 Å². The molecule has 0 bridgehead atoms. The number of hydrogen-bond acceptors (Lipinski definition) is 3. The van der Waals surface area contributed by atoms with Crippen LogP contribution in [0, 0.1) is 0 Å². The molecular formula is C14H15F3N2S. The van der Waals surface area contributed by atoms with E-state index in [0.29, 0.717) is 12.0 Å². The Morgan fingerprint density at radius 2 is 2.00 bits per heavy atom. The summed E-state index contributed by atoms with van der Waals surface area (Å²) in [7, 11) is 0. The van der Waals surface area contributed by atoms with Crippen LogP contribution in [0.25, 0.3) is 0 Å². The van der Waals surface area contributed by atoms with Gasteiger partial charge in [-0.3, -0.25) is 11.3 Å². The van der Waals surface area contributed by atoms with Crippen molar-refractivity contribution in [3.8, 4) is 0 Å². The molecule has 0 aliphatic carbocycles. The average molecular weight is 300 g/mol. The number of thiophene rings is 1. The van der Waals surface area contributed by atoms with E-state index in [1.54, 1.807) is 17.4 Å². The fourth-order valence-electron chi connectivity index (χ4n) is 2.02. The van der Waals surface area contributed by atoms with E-state index in [1.807, 2.05) is 17.5 Å². The van der Waals surface area contributed by atoms with Gasteiger partial charge in [0, 0.05) is 10.9 Å². The molecule has 3 N–H and O–H groups in total. The second-order valence-electron chi connectivity index (χ2n) is 4.46. The molecule has 0 aliphatic heterocycles. The molecule has 2 nitrogen and oxygen atoms in total. The third kappa shape index (κ3) is 3.82. The van der Waals surface area contributed by atoms with Crippen molar-refractivity contribution < 1.29 is 13.2 Å². The zero-order valence-corrected chi connectivity index (χ0v) is 11.5. The summed E-state index contributed by atoms with van der Waals surface area (Å²) in [4.78, 5) is 1.19. The minimum absolute atomic E-state index is 0.292. The molecule has 2 rings (SSSR count). The summed E-state index contributed by atoms with van der Waals surface area (Å²) in [5.41, 5.74) is 2.50. The molecule has 6 heteroatoms. The van der Waals surface area contributed by atoms with Crippen LogP contribution in [-0.2, 0) is 12.6 Å². The zero-order chi connectivity index (χ0) is 14.6. The fourth-order valence-corrected chi connectivity index (χ4v) is 2.74. The molecule has 0 fully saturated rings. The largest absolute Gasteiger partial charge is 0.416 e. The van der Waals surface area contributed by atoms with Crippen molar-refractivity contribution in [1.29, 1.82) is 0 Å². The van der Waals surface area contributed by atoms with Crippen LogP contribution >= 0.6 is 11.3 Å². The number of halogens is 3. The van der Waals surface area contributed by atoms with Crippen LogP contribution in [0.3, 0.4) is 0 Å². The fraction of sp³-hybridized carbons (Fsp3) is 0.286. The van der Waals surface area contributed by atoms with Crippen LogP contribution in [0.4, 0.5) is 13.2 Å². The Morgan fingerprint density at radius 3 is 2.60 bits per heavy atom. The van der Waals surface area contributed by atoms with Crippen molar-refractivity contribution in [2.75, 3.05) is 0 Å². The van der Waals surface area contributed by atoms with Gasteiger partial charge in [0.1, 0.15) is 0 Å². The van der Waals surface area contributed by atoms with Crippen LogP contribution in [-0.4, -0.2) is 0 Å². The van der Waals surface area contributed by atoms with Crippen molar-refractivity contribution in [2.45, 2.75) is 25.1 Å². The number of hydrogen-bond donors (Lipinski definition) is 2. The summed E-state index contributed by atoms with van der Waals surface area (Å²) in [6.45, 7) is 0. The van der Waals surface area contributed by atoms with Crippen LogP contribution < -0.4 is 11.3 Å². The summed E-state index contributed by atoms with van der Waals surface area (Å²) in [5, 5.41) is 1.98. The Kier molecular flexibility index (Phi) is 4.80. The van der Waals surface area contributed by atoms with Crippen LogP contribution in [0.5, 0.6) is 0 Å². The molecular weight excluding hydrogens is 285 g/mol. The Labute approximate surface area is 119 Å². The maximum Gasteiger partial charge on any atom is 0.416 e. The summed E-state index contributed by atoms with van der Waals surface area (Å²) >= 11 is 1.63. The van der Waals surface area contributed by atoms with Crippen molar-refractivity contribution in [1.82, 2.24) is 5.43 Å². The predicted molar refractivity (Wildman–Crippen MR) is 74.1 cm³/mol. The van der Waals surface area contributed by atoms with Crippen molar-refractivity contribution >= 4 is 11.3 Å². The van der Waals surface area contributed by atoms with Gasteiger partial charge >= 0.3 is 6.18 Å². The zero-order valence-electron chi connectivity index (χ0n) is 10.7. The molecule has 108 valence electrons. The second kappa shape index (κ2) is 6.39. The van der Waals surface area contributed by atoms with Crippen LogP contribution in [0.2, 0.25) is 0 Å². The predicted octanol–water partition coefficient (Wildman–Crippen LogP) is 3.90. The molecule has 0 saturated heterocycles. The molecule has 0 aliphatic rings. The van der Waals surface area contributed by atoms with Crippen molar-refractivity contribution in [3.05, 3.63) is 57.8 Å². The lowest BCUT2D eigenvalue weighted by atomic mass is 10.00. The van der Waals surface area contributed by atoms with Gasteiger partial charge in [-0.25, -0.2) is 0 Å². The molecule has 20 heavy (non-hydrogen) atoms. The Hall–Kier alpha value is -1.37. The van der Waals surface area contributed by atoms with E-state index in [9.17, 15) is 13.2 Å². The number of benzene rings is 1. The number of alkyl halides is 3. The SMILES string of the molecule is NNC(CCc1cccs1)c1cccc(C(F)(F)F)c1. The molecule has 1 aromatic heterocycles. The first-order chi connectivity index (χ1) is 9.50. The lowest BCUT2D eigenvalue weighted by Crippen LogP contribution is -2.28. The smallest absolute Gasteiger partial charge is 0.271 e. The van der Waals surface area contributed by atoms with E-state index < -0.39 is 11.7 Å². The normalized spacial score (nSPS) is 13.4. The summed E-state index contributed by atoms with van der Waals surface area (Å²) in [5.74, 6) is 5.48. The topological polar surface area (TPSA) is 38.0 Å². The highest BCUT2D eigenvalue weighted by molar-refractivity contribution is 7.09. The van der Waals surface area contributed by atoms with E-state index >= 15 is 0 Å². The third-order valence-corrected chi connectivity index (χ3v) is 4.01. The minimum atomic E-state index is -4.33. The summed E-state index contributed by atoms with van der Waals surface area (Å²) in [6, 6.07) is 8.95. The van der Waals surface area contributed by atoms with Gasteiger partial charge < -0.3 is 0 Å². The monoisotopic (exact) mass is 300 g/mol. The molecule has 0 spiro atoms. The molecule has 1 aromatic carbocycles. The van der Waals surface area contributed by atoms with Crippen LogP contribution in [0.15, 0.2) is 41.8 Å². The van der Waals surface area contributed by atoms with E-state index in [0.717, 1.165) is 18.6 Å². The number of aryl methyl sites for hydroxylation is 1. The van der Waals surface area contributed by atoms with Crippen molar-refractivity contribution in [2.24, 2.45) is 5.84 Å². The van der Waals surface area contributed by atoms with Gasteiger partial charge in [-0.15, -0.1) is 11.3 Å². The first kappa shape index (κ1) is 15.0. The number of nitrogens with one attached hydrogen (secondary N) is 1. The van der Waals surface area contributed by atoms with Crippen LogP contribution in [0.1, 0.15) is 28.5 Å². The number of rotatable bonds is 5. The summed E-state index contributed by atoms with van der Waals surface area (Å²) < 4.78 is 38.1. The summed E-state index contributed by atoms with van der Waals surface area (Å²) in [6.07, 6.45) is -2.90. The molecule has 1 unspecified atom stereocenters. The first-order valence-electron chi connectivity index (χ1n) is 6.16. The Balaban J connectivity index is 2.11. The molecule has 2 aromatic rings. The molecule has 1 heterocycles. The quantitative estimate of drug-likeness (QED) is 0.649.